The summed E-state index contributed by atoms with van der Waals surface area (Å²) in [5.41, 5.74) is 0. The second kappa shape index (κ2) is 10.7. The van der Waals surface area contributed by atoms with Crippen molar-refractivity contribution < 1.29 is 18.7 Å². The predicted molar refractivity (Wildman–Crippen MR) is 12.3 cm³/mol. The van der Waals surface area contributed by atoms with Crippen LogP contribution in [0, 0.1) is 0 Å². The second-order valence-corrected chi connectivity index (χ2v) is 0.236. The quantitative estimate of drug-likeness (QED) is 0.310. The molecular weight excluding hydrogens is 77.5 g/mol. The third kappa shape index (κ3) is 73.4. The molecule has 0 aliphatic rings. The minimum absolute atomic E-state index is 0. The third-order valence-electron chi connectivity index (χ3n) is 0. The van der Waals surface area contributed by atoms with Gasteiger partial charge in [0.2, 0.25) is 0 Å². The molecular formula is CH6ClNO. The number of rotatable bonds is 0. The van der Waals surface area contributed by atoms with Crippen LogP contribution < -0.4 is 18.3 Å². The first kappa shape index (κ1) is 8.88. The van der Waals surface area contributed by atoms with Gasteiger partial charge in [-0.05, 0) is 0 Å². The molecule has 0 heterocycles. The summed E-state index contributed by atoms with van der Waals surface area (Å²) in [6.45, 7) is 0. The van der Waals surface area contributed by atoms with E-state index in [0.29, 0.717) is 0 Å². The Morgan fingerprint density at radius 3 is 2.00 bits per heavy atom. The first-order chi connectivity index (χ1) is 1.41. The lowest BCUT2D eigenvalue weighted by molar-refractivity contribution is -0.000000941. The monoisotopic (exact) mass is 83.0 g/mol. The fraction of sp³-hybridized carbons (Fsp3) is 1.00. The van der Waals surface area contributed by atoms with Crippen LogP contribution in [0.5, 0.6) is 0 Å². The molecule has 0 atom stereocenters. The van der Waals surface area contributed by atoms with Gasteiger partial charge >= 0.3 is 1.43 Å². The summed E-state index contributed by atoms with van der Waals surface area (Å²) >= 11 is 0. The van der Waals surface area contributed by atoms with E-state index in [4.69, 9.17) is 0 Å². The number of hydrogen-bond acceptors (Lipinski definition) is 2. The largest absolute Gasteiger partial charge is 1.00 e. The molecule has 2 N–H and O–H groups in total. The van der Waals surface area contributed by atoms with Crippen molar-refractivity contribution in [1.29, 1.82) is 0 Å². The zero-order valence-corrected chi connectivity index (χ0v) is 3.12. The smallest absolute Gasteiger partial charge is 1.00 e. The van der Waals surface area contributed by atoms with Crippen molar-refractivity contribution in [2.45, 2.75) is 0 Å². The molecule has 0 spiro atoms. The maximum absolute atomic E-state index is 4.35. The SMILES string of the molecule is CON.[Cl-].[H+]. The van der Waals surface area contributed by atoms with E-state index in [9.17, 15) is 0 Å². The van der Waals surface area contributed by atoms with Crippen molar-refractivity contribution in [3.8, 4) is 0 Å². The van der Waals surface area contributed by atoms with E-state index in [-0.39, 0.29) is 13.8 Å². The molecule has 2 nitrogen and oxygen atoms in total. The fourth-order valence-corrected chi connectivity index (χ4v) is 0. The van der Waals surface area contributed by atoms with E-state index < -0.39 is 0 Å². The highest BCUT2D eigenvalue weighted by molar-refractivity contribution is 3.43. The van der Waals surface area contributed by atoms with Gasteiger partial charge in [0, 0.05) is 0 Å². The van der Waals surface area contributed by atoms with E-state index >= 15 is 0 Å². The fourth-order valence-electron chi connectivity index (χ4n) is 0. The van der Waals surface area contributed by atoms with Crippen molar-refractivity contribution in [2.24, 2.45) is 5.90 Å². The highest BCUT2D eigenvalue weighted by Gasteiger charge is 1.23. The van der Waals surface area contributed by atoms with E-state index in [1.54, 1.807) is 0 Å². The Labute approximate surface area is 32.8 Å². The van der Waals surface area contributed by atoms with Gasteiger partial charge in [-0.3, -0.25) is 0 Å². The molecule has 0 aromatic rings. The van der Waals surface area contributed by atoms with Crippen molar-refractivity contribution >= 4 is 0 Å². The van der Waals surface area contributed by atoms with Crippen LogP contribution in [0.4, 0.5) is 0 Å². The molecule has 28 valence electrons. The Balaban J connectivity index is -0.0000000200. The minimum atomic E-state index is 0. The van der Waals surface area contributed by atoms with E-state index in [1.165, 1.54) is 7.11 Å². The summed E-state index contributed by atoms with van der Waals surface area (Å²) < 4.78 is 0. The number of halogens is 1. The molecule has 0 rings (SSSR count). The molecule has 3 heteroatoms. The van der Waals surface area contributed by atoms with Crippen molar-refractivity contribution in [2.75, 3.05) is 7.11 Å². The van der Waals surface area contributed by atoms with Crippen LogP contribution >= 0.6 is 0 Å². The third-order valence-corrected chi connectivity index (χ3v) is 0. The zero-order chi connectivity index (χ0) is 2.71. The summed E-state index contributed by atoms with van der Waals surface area (Å²) in [6, 6.07) is 0. The van der Waals surface area contributed by atoms with Gasteiger partial charge in [-0.15, -0.1) is 0 Å². The van der Waals surface area contributed by atoms with Gasteiger partial charge in [-0.25, -0.2) is 5.90 Å². The van der Waals surface area contributed by atoms with Crippen molar-refractivity contribution in [3.63, 3.8) is 0 Å². The first-order valence-electron chi connectivity index (χ1n) is 0.644. The lowest BCUT2D eigenvalue weighted by Crippen LogP contribution is -3.00. The van der Waals surface area contributed by atoms with Gasteiger partial charge in [0.1, 0.15) is 0 Å². The second-order valence-electron chi connectivity index (χ2n) is 0.236. The Morgan fingerprint density at radius 1 is 2.00 bits per heavy atom. The van der Waals surface area contributed by atoms with Crippen LogP contribution in [-0.2, 0) is 4.84 Å². The minimum Gasteiger partial charge on any atom is -1.00 e. The molecule has 0 aromatic carbocycles. The van der Waals surface area contributed by atoms with E-state index in [0.717, 1.165) is 0 Å². The zero-order valence-electron chi connectivity index (χ0n) is 3.36. The Kier molecular flexibility index (Phi) is 23.8. The first-order valence-corrected chi connectivity index (χ1v) is 0.644. The highest BCUT2D eigenvalue weighted by atomic mass is 35.5. The highest BCUT2D eigenvalue weighted by Crippen LogP contribution is 1.14. The van der Waals surface area contributed by atoms with Gasteiger partial charge < -0.3 is 17.2 Å². The number of nitrogens with two attached hydrogens (primary N) is 1. The Bertz CT molecular complexity index is 11.6. The molecule has 0 aliphatic carbocycles. The van der Waals surface area contributed by atoms with Crippen LogP contribution in [0.2, 0.25) is 0 Å². The normalized spacial score (nSPS) is 4.50. The molecule has 0 radical (unpaired) electrons. The molecule has 0 unspecified atom stereocenters. The van der Waals surface area contributed by atoms with Gasteiger partial charge in [-0.2, -0.15) is 0 Å². The van der Waals surface area contributed by atoms with Gasteiger partial charge in [0.15, 0.2) is 0 Å². The summed E-state index contributed by atoms with van der Waals surface area (Å²) in [6.07, 6.45) is 0. The molecule has 0 bridgehead atoms. The maximum atomic E-state index is 4.35. The van der Waals surface area contributed by atoms with Crippen LogP contribution in [0.1, 0.15) is 1.43 Å². The topological polar surface area (TPSA) is 35.2 Å². The van der Waals surface area contributed by atoms with Gasteiger partial charge in [0.25, 0.3) is 0 Å². The summed E-state index contributed by atoms with van der Waals surface area (Å²) in [7, 11) is 1.40. The van der Waals surface area contributed by atoms with Crippen molar-refractivity contribution in [1.82, 2.24) is 0 Å². The summed E-state index contributed by atoms with van der Waals surface area (Å²) in [4.78, 5) is 3.75. The predicted octanol–water partition coefficient (Wildman–Crippen LogP) is -3.38. The molecule has 4 heavy (non-hydrogen) atoms. The maximum Gasteiger partial charge on any atom is 1.00 e. The number of hydrogen-bond donors (Lipinski definition) is 1. The lowest BCUT2D eigenvalue weighted by atomic mass is 11.7. The molecule has 0 aromatic heterocycles. The Hall–Kier alpha value is 0.210. The van der Waals surface area contributed by atoms with Crippen LogP contribution in [0.3, 0.4) is 0 Å². The summed E-state index contributed by atoms with van der Waals surface area (Å²) in [5.74, 6) is 4.35. The average molecular weight is 83.5 g/mol. The lowest BCUT2D eigenvalue weighted by Gasteiger charge is -1.62. The molecule has 0 fully saturated rings. The summed E-state index contributed by atoms with van der Waals surface area (Å²) in [5, 5.41) is 0. The van der Waals surface area contributed by atoms with Crippen LogP contribution in [0.15, 0.2) is 0 Å². The van der Waals surface area contributed by atoms with Crippen LogP contribution in [-0.4, -0.2) is 7.11 Å². The Morgan fingerprint density at radius 2 is 2.00 bits per heavy atom. The molecule has 0 saturated carbocycles. The van der Waals surface area contributed by atoms with E-state index in [2.05, 4.69) is 10.7 Å². The molecule has 0 saturated heterocycles. The standard InChI is InChI=1S/CH5NO.ClH/c1-3-2;/h2H2,1H3;1H. The van der Waals surface area contributed by atoms with Gasteiger partial charge in [0.05, 0.1) is 7.11 Å². The van der Waals surface area contributed by atoms with Crippen molar-refractivity contribution in [3.05, 3.63) is 0 Å². The van der Waals surface area contributed by atoms with Gasteiger partial charge in [-0.1, -0.05) is 0 Å². The molecule has 0 aliphatic heterocycles. The van der Waals surface area contributed by atoms with Crippen LogP contribution in [0.25, 0.3) is 0 Å². The average Bonchev–Trinajstić information content (AvgIpc) is 0.918. The molecule has 0 amide bonds. The van der Waals surface area contributed by atoms with E-state index in [1.807, 2.05) is 0 Å².